The van der Waals surface area contributed by atoms with Gasteiger partial charge in [-0.2, -0.15) is 38.4 Å². The van der Waals surface area contributed by atoms with E-state index in [1.54, 1.807) is 0 Å². The van der Waals surface area contributed by atoms with Crippen molar-refractivity contribution in [2.45, 2.75) is 110 Å². The van der Waals surface area contributed by atoms with E-state index < -0.39 is 193 Å². The lowest BCUT2D eigenvalue weighted by Crippen LogP contribution is -2.70. The number of sulfonamides is 1. The average Bonchev–Trinajstić information content (AvgIpc) is 3.58. The van der Waals surface area contributed by atoms with Crippen LogP contribution in [0.3, 0.4) is 0 Å². The lowest BCUT2D eigenvalue weighted by atomic mass is 9.95. The number of aliphatic hydroxyl groups is 4. The molecule has 65 heavy (non-hydrogen) atoms. The standard InChI is InChI=1S/C25H38N2O33S5/c1-61(36,37)26-9-11(29)15(7-3-50-22(9)53-7)56-25-18(60-65(47,48)49)13(31)17(19(58-25)21(34)35)57-23-10(27-62(38,39)40)12(30)16(8(54-23)4-51-63(41,42)43)55-24-14(59-64(44,45)46)5(28)2-6(52-24)20(32)33/h2,5,7-19,22-31H,3-4H2,1H3,(H,32,33)(H,34,35)(H,38,39,40)(H,41,42,43)(H,44,45,46)(H,47,48,49)/t5-,7+,8+,9-,10+,11+,12+,13-,14+,15?,16?,17?,18+,19+,22+,23+,24-,25+/m0/s1. The van der Waals surface area contributed by atoms with Crippen molar-refractivity contribution in [1.29, 1.82) is 0 Å². The predicted octanol–water partition coefficient (Wildman–Crippen LogP) is -8.93. The highest BCUT2D eigenvalue weighted by molar-refractivity contribution is 7.88. The van der Waals surface area contributed by atoms with E-state index in [0.29, 0.717) is 12.3 Å². The molecule has 3 unspecified atom stereocenters. The number of ether oxygens (including phenoxy) is 8. The zero-order chi connectivity index (χ0) is 48.9. The molecule has 5 aliphatic rings. The van der Waals surface area contributed by atoms with E-state index in [0.717, 1.165) is 0 Å². The van der Waals surface area contributed by atoms with Crippen molar-refractivity contribution in [3.8, 4) is 0 Å². The second-order valence-corrected chi connectivity index (χ2v) is 20.1. The van der Waals surface area contributed by atoms with Crippen molar-refractivity contribution in [1.82, 2.24) is 9.44 Å². The van der Waals surface area contributed by atoms with Crippen LogP contribution in [0.1, 0.15) is 0 Å². The number of aliphatic hydroxyl groups excluding tert-OH is 4. The topological polar surface area (TPSA) is 533 Å². The number of rotatable bonds is 19. The van der Waals surface area contributed by atoms with E-state index in [1.807, 2.05) is 4.72 Å². The molecule has 0 aliphatic carbocycles. The van der Waals surface area contributed by atoms with Gasteiger partial charge in [-0.1, -0.05) is 0 Å². The third kappa shape index (κ3) is 14.0. The Bertz CT molecular complexity index is 2360. The molecule has 0 saturated carbocycles. The van der Waals surface area contributed by atoms with Crippen LogP contribution in [-0.4, -0.2) is 233 Å². The van der Waals surface area contributed by atoms with Gasteiger partial charge < -0.3 is 68.5 Å². The van der Waals surface area contributed by atoms with E-state index in [4.69, 9.17) is 37.9 Å². The van der Waals surface area contributed by atoms with Crippen molar-refractivity contribution < 1.29 is 151 Å². The highest BCUT2D eigenvalue weighted by atomic mass is 32.3. The molecular weight excluding hydrogens is 1020 g/mol. The van der Waals surface area contributed by atoms with Gasteiger partial charge in [0, 0.05) is 0 Å². The summed E-state index contributed by atoms with van der Waals surface area (Å²) < 4.78 is 216. The highest BCUT2D eigenvalue weighted by Crippen LogP contribution is 2.37. The molecule has 5 rings (SSSR count). The molecule has 0 amide bonds. The Morgan fingerprint density at radius 3 is 1.78 bits per heavy atom. The number of nitrogens with one attached hydrogen (secondary N) is 2. The van der Waals surface area contributed by atoms with Crippen molar-refractivity contribution >= 4 is 63.5 Å². The maximum atomic E-state index is 12.7. The maximum absolute atomic E-state index is 12.7. The van der Waals surface area contributed by atoms with Crippen LogP contribution in [-0.2, 0) is 112 Å². The maximum Gasteiger partial charge on any atom is 0.397 e. The Balaban J connectivity index is 1.52. The minimum Gasteiger partial charge on any atom is -0.479 e. The van der Waals surface area contributed by atoms with Crippen LogP contribution in [0, 0.1) is 0 Å². The zero-order valence-corrected chi connectivity index (χ0v) is 35.9. The molecular formula is C25H38N2O33S5. The molecule has 5 aliphatic heterocycles. The monoisotopic (exact) mass is 1050 g/mol. The van der Waals surface area contributed by atoms with Crippen LogP contribution in [0.15, 0.2) is 11.8 Å². The van der Waals surface area contributed by atoms with Crippen LogP contribution < -0.4 is 9.44 Å². The average molecular weight is 1050 g/mol. The molecule has 35 nitrogen and oxygen atoms in total. The number of carbonyl (C=O) groups is 2. The fourth-order valence-electron chi connectivity index (χ4n) is 6.82. The van der Waals surface area contributed by atoms with Gasteiger partial charge in [0.25, 0.3) is 0 Å². The van der Waals surface area contributed by atoms with E-state index >= 15 is 0 Å². The van der Waals surface area contributed by atoms with Crippen LogP contribution in [0.5, 0.6) is 0 Å². The quantitative estimate of drug-likeness (QED) is 0.0535. The second-order valence-electron chi connectivity index (χ2n) is 14.0. The third-order valence-electron chi connectivity index (χ3n) is 9.27. The fourth-order valence-corrected chi connectivity index (χ4v) is 9.44. The molecule has 0 aromatic heterocycles. The molecule has 0 spiro atoms. The van der Waals surface area contributed by atoms with E-state index in [-0.39, 0.29) is 0 Å². The number of aliphatic carboxylic acids is 2. The summed E-state index contributed by atoms with van der Waals surface area (Å²) in [6, 6.07) is -4.35. The summed E-state index contributed by atoms with van der Waals surface area (Å²) in [4.78, 5) is 24.3. The second kappa shape index (κ2) is 19.8. The fraction of sp³-hybridized carbons (Fsp3) is 0.840. The number of carboxylic acid groups (broad SMARTS) is 2. The summed E-state index contributed by atoms with van der Waals surface area (Å²) in [5, 5.41) is 64.1. The molecule has 4 fully saturated rings. The first-order valence-electron chi connectivity index (χ1n) is 17.4. The van der Waals surface area contributed by atoms with Gasteiger partial charge in [-0.15, -0.1) is 0 Å². The number of hydrogen-bond donors (Lipinski definition) is 12. The molecule has 0 aromatic rings. The molecule has 4 saturated heterocycles. The summed E-state index contributed by atoms with van der Waals surface area (Å²) in [6.07, 6.45) is -37.5. The Labute approximate surface area is 364 Å². The lowest BCUT2D eigenvalue weighted by Gasteiger charge is -2.49. The van der Waals surface area contributed by atoms with Crippen molar-refractivity contribution in [3.05, 3.63) is 11.8 Å². The van der Waals surface area contributed by atoms with Gasteiger partial charge in [-0.3, -0.25) is 18.2 Å². The van der Waals surface area contributed by atoms with E-state index in [2.05, 4.69) is 12.5 Å². The van der Waals surface area contributed by atoms with Crippen molar-refractivity contribution in [2.75, 3.05) is 19.5 Å². The third-order valence-corrected chi connectivity index (χ3v) is 11.9. The van der Waals surface area contributed by atoms with Crippen LogP contribution in [0.2, 0.25) is 0 Å². The van der Waals surface area contributed by atoms with Gasteiger partial charge in [0.2, 0.25) is 22.1 Å². The Kier molecular flexibility index (Phi) is 16.3. The van der Waals surface area contributed by atoms with Gasteiger partial charge >= 0.3 is 53.4 Å². The molecule has 0 radical (unpaired) electrons. The minimum absolute atomic E-state index is 0.318. The predicted molar refractivity (Wildman–Crippen MR) is 189 cm³/mol. The van der Waals surface area contributed by atoms with Gasteiger partial charge in [0.05, 0.1) is 19.5 Å². The molecule has 2 bridgehead atoms. The summed E-state index contributed by atoms with van der Waals surface area (Å²) in [5.74, 6) is -5.41. The molecule has 12 N–H and O–H groups in total. The van der Waals surface area contributed by atoms with Crippen molar-refractivity contribution in [2.24, 2.45) is 0 Å². The number of carboxylic acids is 2. The first-order chi connectivity index (χ1) is 29.6. The summed E-state index contributed by atoms with van der Waals surface area (Å²) in [5.41, 5.74) is 0. The first-order valence-corrected chi connectivity index (χ1v) is 24.8. The highest BCUT2D eigenvalue weighted by Gasteiger charge is 2.59. The molecule has 18 atom stereocenters. The van der Waals surface area contributed by atoms with Gasteiger partial charge in [-0.05, 0) is 6.08 Å². The number of hydrogen-bond acceptors (Lipinski definition) is 27. The largest absolute Gasteiger partial charge is 0.479 e. The Morgan fingerprint density at radius 2 is 1.25 bits per heavy atom. The molecule has 376 valence electrons. The van der Waals surface area contributed by atoms with Crippen LogP contribution in [0.25, 0.3) is 0 Å². The van der Waals surface area contributed by atoms with Crippen molar-refractivity contribution in [3.63, 3.8) is 0 Å². The smallest absolute Gasteiger partial charge is 0.397 e. The summed E-state index contributed by atoms with van der Waals surface area (Å²) in [7, 11) is -26.8. The van der Waals surface area contributed by atoms with Gasteiger partial charge in [0.15, 0.2) is 37.2 Å². The molecule has 40 heteroatoms. The van der Waals surface area contributed by atoms with E-state index in [9.17, 15) is 101 Å². The van der Waals surface area contributed by atoms with Crippen LogP contribution >= 0.6 is 0 Å². The minimum atomic E-state index is -5.78. The Hall–Kier alpha value is -2.57. The first kappa shape index (κ1) is 53.4. The molecule has 5 heterocycles. The molecule has 0 aromatic carbocycles. The SMILES string of the molecule is CS(=O)(=O)N[C@@H]1[C@@H]2OC[C@@H](O2)C(O[C@@H]2O[C@@H](C(=O)O)C(O[C@H]3O[C@H](COS(=O)(=O)O)C(O[C@@H]4OC(C(=O)O)=C[C@H](O)[C@H]4OS(=O)(=O)O)[C@H](O)[C@H]3NS(=O)(=O)O)[C@H](O)[C@H]2OS(=O)(=O)O)[C@@H]1O. The summed E-state index contributed by atoms with van der Waals surface area (Å²) >= 11 is 0. The van der Waals surface area contributed by atoms with E-state index in [1.165, 1.54) is 4.72 Å². The zero-order valence-electron chi connectivity index (χ0n) is 31.8. The number of fused-ring (bicyclic) bond motifs is 2. The van der Waals surface area contributed by atoms with Gasteiger partial charge in [0.1, 0.15) is 67.0 Å². The summed E-state index contributed by atoms with van der Waals surface area (Å²) in [6.45, 7) is -2.08. The lowest BCUT2D eigenvalue weighted by molar-refractivity contribution is -0.357. The normalized spacial score (nSPS) is 39.6. The Morgan fingerprint density at radius 1 is 0.677 bits per heavy atom. The van der Waals surface area contributed by atoms with Crippen LogP contribution in [0.4, 0.5) is 0 Å². The van der Waals surface area contributed by atoms with Gasteiger partial charge in [-0.25, -0.2) is 35.3 Å².